The quantitative estimate of drug-likeness (QED) is 0.277. The van der Waals surface area contributed by atoms with Gasteiger partial charge in [0.2, 0.25) is 0 Å². The van der Waals surface area contributed by atoms with Crippen molar-refractivity contribution in [1.29, 1.82) is 0 Å². The van der Waals surface area contributed by atoms with Crippen molar-refractivity contribution in [2.75, 3.05) is 44.7 Å². The topological polar surface area (TPSA) is 91.1 Å². The second-order valence-electron chi connectivity index (χ2n) is 12.4. The monoisotopic (exact) mass is 593 g/mol. The first-order chi connectivity index (χ1) is 21.3. The van der Waals surface area contributed by atoms with Crippen molar-refractivity contribution in [2.45, 2.75) is 51.3 Å². The molecular formula is C35H39N5O4. The van der Waals surface area contributed by atoms with Gasteiger partial charge in [0, 0.05) is 56.8 Å². The van der Waals surface area contributed by atoms with Gasteiger partial charge in [-0.05, 0) is 85.7 Å². The fourth-order valence-corrected chi connectivity index (χ4v) is 6.47. The van der Waals surface area contributed by atoms with Gasteiger partial charge in [-0.25, -0.2) is 9.78 Å². The van der Waals surface area contributed by atoms with Gasteiger partial charge < -0.3 is 24.2 Å². The maximum Gasteiger partial charge on any atom is 0.335 e. The maximum absolute atomic E-state index is 13.6. The molecule has 9 nitrogen and oxygen atoms in total. The van der Waals surface area contributed by atoms with E-state index in [1.807, 2.05) is 23.1 Å². The molecule has 1 N–H and O–H groups in total. The third-order valence-corrected chi connectivity index (χ3v) is 9.39. The lowest BCUT2D eigenvalue weighted by Gasteiger charge is -2.35. The number of piperazine rings is 1. The van der Waals surface area contributed by atoms with Crippen molar-refractivity contribution in [2.24, 2.45) is 0 Å². The minimum Gasteiger partial charge on any atom is -0.478 e. The number of fused-ring (bicyclic) bond motifs is 1. The number of aromatic nitrogens is 2. The lowest BCUT2D eigenvalue weighted by molar-refractivity contribution is -0.0592. The molecule has 44 heavy (non-hydrogen) atoms. The highest BCUT2D eigenvalue weighted by atomic mass is 16.5. The number of amides is 1. The Balaban J connectivity index is 1.02. The Hall–Kier alpha value is -4.21. The van der Waals surface area contributed by atoms with Gasteiger partial charge in [0.1, 0.15) is 5.82 Å². The number of ether oxygens (including phenoxy) is 1. The third kappa shape index (κ3) is 5.69. The van der Waals surface area contributed by atoms with Crippen molar-refractivity contribution in [3.8, 4) is 0 Å². The number of nitrogens with zero attached hydrogens (tertiary/aromatic N) is 5. The second-order valence-corrected chi connectivity index (χ2v) is 12.4. The first kappa shape index (κ1) is 28.6. The van der Waals surface area contributed by atoms with Crippen LogP contribution in [-0.2, 0) is 17.8 Å². The molecule has 1 unspecified atom stereocenters. The lowest BCUT2D eigenvalue weighted by Crippen LogP contribution is -2.48. The fraction of sp³-hybridized carbons (Fsp3) is 0.400. The fourth-order valence-electron chi connectivity index (χ4n) is 6.47. The molecule has 1 aromatic heterocycles. The standard InChI is InChI=1S/C35H39N5O4/c1-23-18-25(24-6-7-24)9-11-31(23)37(2)28-5-3-4-26(19-28)34(41)39-15-13-38(14-16-39)22-33-36-30-10-8-27(35(42)43)20-32(30)40(33)21-29-12-17-44-29/h3-5,8-11,18-20,24,29H,6-7,12-17,21-22H2,1-2H3,(H,42,43). The molecule has 1 aliphatic carbocycles. The van der Waals surface area contributed by atoms with E-state index in [0.717, 1.165) is 60.3 Å². The predicted molar refractivity (Wildman–Crippen MR) is 170 cm³/mol. The number of carboxylic acids is 1. The van der Waals surface area contributed by atoms with E-state index in [2.05, 4.69) is 52.6 Å². The molecule has 3 aromatic carbocycles. The summed E-state index contributed by atoms with van der Waals surface area (Å²) >= 11 is 0. The number of hydrogen-bond acceptors (Lipinski definition) is 6. The first-order valence-corrected chi connectivity index (χ1v) is 15.6. The molecule has 4 aromatic rings. The molecule has 7 rings (SSSR count). The van der Waals surface area contributed by atoms with Crippen LogP contribution in [0, 0.1) is 6.92 Å². The van der Waals surface area contributed by atoms with Crippen LogP contribution >= 0.6 is 0 Å². The average Bonchev–Trinajstić information content (AvgIpc) is 3.81. The summed E-state index contributed by atoms with van der Waals surface area (Å²) in [6.45, 7) is 6.95. The number of carbonyl (C=O) groups excluding carboxylic acids is 1. The van der Waals surface area contributed by atoms with Gasteiger partial charge in [0.05, 0.1) is 35.8 Å². The summed E-state index contributed by atoms with van der Waals surface area (Å²) in [5.74, 6) is 0.729. The van der Waals surface area contributed by atoms with E-state index in [4.69, 9.17) is 9.72 Å². The molecule has 1 saturated carbocycles. The summed E-state index contributed by atoms with van der Waals surface area (Å²) in [5.41, 5.74) is 7.40. The van der Waals surface area contributed by atoms with Crippen LogP contribution in [0.1, 0.15) is 62.8 Å². The average molecular weight is 594 g/mol. The minimum atomic E-state index is -0.947. The van der Waals surface area contributed by atoms with Crippen LogP contribution in [0.3, 0.4) is 0 Å². The molecular weight excluding hydrogens is 554 g/mol. The number of carbonyl (C=O) groups is 2. The zero-order valence-corrected chi connectivity index (χ0v) is 25.4. The van der Waals surface area contributed by atoms with E-state index >= 15 is 0 Å². The second kappa shape index (κ2) is 11.7. The number of aryl methyl sites for hydroxylation is 1. The van der Waals surface area contributed by atoms with Gasteiger partial charge in [-0.15, -0.1) is 0 Å². The molecule has 1 atom stereocenters. The molecule has 0 spiro atoms. The van der Waals surface area contributed by atoms with Gasteiger partial charge in [0.25, 0.3) is 5.91 Å². The number of carboxylic acid groups (broad SMARTS) is 1. The van der Waals surface area contributed by atoms with Crippen LogP contribution in [0.25, 0.3) is 11.0 Å². The summed E-state index contributed by atoms with van der Waals surface area (Å²) < 4.78 is 7.82. The molecule has 0 radical (unpaired) electrons. The zero-order valence-electron chi connectivity index (χ0n) is 25.4. The molecule has 3 aliphatic rings. The summed E-state index contributed by atoms with van der Waals surface area (Å²) in [4.78, 5) is 36.5. The Labute approximate surface area is 257 Å². The Morgan fingerprint density at radius 3 is 2.45 bits per heavy atom. The summed E-state index contributed by atoms with van der Waals surface area (Å²) in [5, 5.41) is 9.53. The van der Waals surface area contributed by atoms with E-state index in [-0.39, 0.29) is 17.6 Å². The number of rotatable bonds is 9. The number of imidazole rings is 1. The predicted octanol–water partition coefficient (Wildman–Crippen LogP) is 5.44. The molecule has 2 saturated heterocycles. The van der Waals surface area contributed by atoms with Crippen molar-refractivity contribution >= 4 is 34.3 Å². The van der Waals surface area contributed by atoms with E-state index in [9.17, 15) is 14.7 Å². The minimum absolute atomic E-state index is 0.0521. The van der Waals surface area contributed by atoms with Crippen LogP contribution in [0.4, 0.5) is 11.4 Å². The molecule has 228 valence electrons. The maximum atomic E-state index is 13.6. The van der Waals surface area contributed by atoms with Crippen molar-refractivity contribution in [3.05, 3.63) is 88.7 Å². The van der Waals surface area contributed by atoms with E-state index in [1.54, 1.807) is 18.2 Å². The summed E-state index contributed by atoms with van der Waals surface area (Å²) in [6.07, 6.45) is 3.69. The number of anilines is 2. The van der Waals surface area contributed by atoms with Gasteiger partial charge in [-0.1, -0.05) is 18.2 Å². The van der Waals surface area contributed by atoms with Crippen molar-refractivity contribution in [3.63, 3.8) is 0 Å². The van der Waals surface area contributed by atoms with Crippen molar-refractivity contribution < 1.29 is 19.4 Å². The SMILES string of the molecule is Cc1cc(C2CC2)ccc1N(C)c1cccc(C(=O)N2CCN(Cc3nc4ccc(C(=O)O)cc4n3CC3CCO3)CC2)c1. The van der Waals surface area contributed by atoms with Gasteiger partial charge in [-0.2, -0.15) is 0 Å². The van der Waals surface area contributed by atoms with Crippen molar-refractivity contribution in [1.82, 2.24) is 19.4 Å². The number of benzene rings is 3. The van der Waals surface area contributed by atoms with Gasteiger partial charge >= 0.3 is 5.97 Å². The van der Waals surface area contributed by atoms with Crippen LogP contribution in [0.15, 0.2) is 60.7 Å². The molecule has 1 amide bonds. The van der Waals surface area contributed by atoms with Crippen LogP contribution < -0.4 is 4.90 Å². The van der Waals surface area contributed by atoms with E-state index < -0.39 is 5.97 Å². The Bertz CT molecular complexity index is 1720. The van der Waals surface area contributed by atoms with Crippen LogP contribution in [0.5, 0.6) is 0 Å². The Morgan fingerprint density at radius 1 is 0.977 bits per heavy atom. The third-order valence-electron chi connectivity index (χ3n) is 9.39. The zero-order chi connectivity index (χ0) is 30.4. The number of aromatic carboxylic acids is 1. The molecule has 9 heteroatoms. The summed E-state index contributed by atoms with van der Waals surface area (Å²) in [7, 11) is 2.06. The van der Waals surface area contributed by atoms with E-state index in [1.165, 1.54) is 24.0 Å². The lowest BCUT2D eigenvalue weighted by atomic mass is 10.0. The van der Waals surface area contributed by atoms with Crippen LogP contribution in [0.2, 0.25) is 0 Å². The highest BCUT2D eigenvalue weighted by Gasteiger charge is 2.27. The van der Waals surface area contributed by atoms with Crippen LogP contribution in [-0.4, -0.2) is 82.3 Å². The number of hydrogen-bond donors (Lipinski definition) is 1. The highest BCUT2D eigenvalue weighted by Crippen LogP contribution is 2.41. The van der Waals surface area contributed by atoms with E-state index in [0.29, 0.717) is 31.7 Å². The summed E-state index contributed by atoms with van der Waals surface area (Å²) in [6, 6.07) is 19.8. The molecule has 3 heterocycles. The Morgan fingerprint density at radius 2 is 1.77 bits per heavy atom. The molecule has 2 aliphatic heterocycles. The smallest absolute Gasteiger partial charge is 0.335 e. The highest BCUT2D eigenvalue weighted by molar-refractivity contribution is 5.95. The molecule has 3 fully saturated rings. The van der Waals surface area contributed by atoms with Gasteiger partial charge in [-0.3, -0.25) is 9.69 Å². The van der Waals surface area contributed by atoms with Gasteiger partial charge in [0.15, 0.2) is 0 Å². The first-order valence-electron chi connectivity index (χ1n) is 15.6. The normalized spacial score (nSPS) is 18.8. The largest absolute Gasteiger partial charge is 0.478 e. The Kier molecular flexibility index (Phi) is 7.60. The molecule has 0 bridgehead atoms.